The minimum atomic E-state index is -0.733. The van der Waals surface area contributed by atoms with E-state index < -0.39 is 12.6 Å². The molecule has 8 heteroatoms. The van der Waals surface area contributed by atoms with Crippen molar-refractivity contribution in [2.75, 3.05) is 27.4 Å². The van der Waals surface area contributed by atoms with Gasteiger partial charge in [-0.25, -0.2) is 0 Å². The highest BCUT2D eigenvalue weighted by Gasteiger charge is 2.24. The van der Waals surface area contributed by atoms with Crippen molar-refractivity contribution in [1.82, 2.24) is 10.6 Å². The Hall–Kier alpha value is -2.78. The van der Waals surface area contributed by atoms with Gasteiger partial charge in [0, 0.05) is 14.2 Å². The van der Waals surface area contributed by atoms with Crippen LogP contribution in [0.15, 0.2) is 60.7 Å². The number of methoxy groups -OCH3 is 2. The van der Waals surface area contributed by atoms with Crippen molar-refractivity contribution in [1.29, 1.82) is 0 Å². The first-order valence-corrected chi connectivity index (χ1v) is 11.5. The first-order valence-electron chi connectivity index (χ1n) is 11.5. The Balaban J connectivity index is 1.72. The maximum absolute atomic E-state index is 12.8. The van der Waals surface area contributed by atoms with Crippen LogP contribution in [0.4, 0.5) is 0 Å². The highest BCUT2D eigenvalue weighted by atomic mass is 16.7. The predicted octanol–water partition coefficient (Wildman–Crippen LogP) is 2.21. The third-order valence-electron chi connectivity index (χ3n) is 5.58. The summed E-state index contributed by atoms with van der Waals surface area (Å²) in [5.41, 5.74) is 2.13. The summed E-state index contributed by atoms with van der Waals surface area (Å²) >= 11 is 0. The van der Waals surface area contributed by atoms with Crippen molar-refractivity contribution in [3.63, 3.8) is 0 Å². The number of carbonyl (C=O) groups is 2. The van der Waals surface area contributed by atoms with Crippen LogP contribution in [-0.2, 0) is 41.4 Å². The summed E-state index contributed by atoms with van der Waals surface area (Å²) in [5.74, 6) is -0.405. The van der Waals surface area contributed by atoms with E-state index in [0.29, 0.717) is 12.8 Å². The van der Waals surface area contributed by atoms with Crippen LogP contribution in [0.25, 0.3) is 0 Å². The van der Waals surface area contributed by atoms with Crippen LogP contribution < -0.4 is 10.6 Å². The topological polar surface area (TPSA) is 95.1 Å². The molecule has 1 aliphatic rings. The average molecular weight is 471 g/mol. The fourth-order valence-electron chi connectivity index (χ4n) is 3.84. The maximum atomic E-state index is 12.8. The highest BCUT2D eigenvalue weighted by Crippen LogP contribution is 2.11. The van der Waals surface area contributed by atoms with Crippen LogP contribution >= 0.6 is 0 Å². The second-order valence-corrected chi connectivity index (χ2v) is 8.31. The molecule has 2 aromatic rings. The van der Waals surface area contributed by atoms with E-state index in [4.69, 9.17) is 18.9 Å². The molecule has 2 N–H and O–H groups in total. The van der Waals surface area contributed by atoms with Gasteiger partial charge in [0.05, 0.1) is 38.1 Å². The van der Waals surface area contributed by atoms with Crippen LogP contribution in [0, 0.1) is 0 Å². The molecule has 1 heterocycles. The van der Waals surface area contributed by atoms with Crippen LogP contribution in [0.5, 0.6) is 0 Å². The Labute approximate surface area is 200 Å². The largest absolute Gasteiger partial charge is 0.355 e. The van der Waals surface area contributed by atoms with E-state index in [0.717, 1.165) is 11.1 Å². The quantitative estimate of drug-likeness (QED) is 0.672. The van der Waals surface area contributed by atoms with Crippen LogP contribution in [-0.4, -0.2) is 63.9 Å². The highest BCUT2D eigenvalue weighted by molar-refractivity contribution is 5.77. The minimum Gasteiger partial charge on any atom is -0.355 e. The first-order chi connectivity index (χ1) is 16.6. The third kappa shape index (κ3) is 8.87. The smallest absolute Gasteiger partial charge is 0.225 e. The molecule has 0 bridgehead atoms. The second-order valence-electron chi connectivity index (χ2n) is 8.31. The molecule has 0 radical (unpaired) electrons. The number of rotatable bonds is 6. The molecule has 0 aromatic heterocycles. The normalized spacial score (nSPS) is 25.1. The molecule has 1 fully saturated rings. The Morgan fingerprint density at radius 3 is 1.44 bits per heavy atom. The fraction of sp³-hybridized carbons (Fsp3) is 0.462. The van der Waals surface area contributed by atoms with Gasteiger partial charge in [-0.1, -0.05) is 60.7 Å². The Morgan fingerprint density at radius 2 is 1.09 bits per heavy atom. The van der Waals surface area contributed by atoms with Crippen molar-refractivity contribution >= 4 is 11.8 Å². The lowest BCUT2D eigenvalue weighted by Gasteiger charge is -2.27. The Bertz CT molecular complexity index is 806. The number of benzene rings is 2. The van der Waals surface area contributed by atoms with Gasteiger partial charge >= 0.3 is 0 Å². The third-order valence-corrected chi connectivity index (χ3v) is 5.58. The van der Waals surface area contributed by atoms with Gasteiger partial charge in [0.2, 0.25) is 11.8 Å². The van der Waals surface area contributed by atoms with Gasteiger partial charge < -0.3 is 29.6 Å². The summed E-state index contributed by atoms with van der Waals surface area (Å²) < 4.78 is 22.5. The molecule has 0 spiro atoms. The lowest BCUT2D eigenvalue weighted by Crippen LogP contribution is -2.46. The molecule has 1 saturated heterocycles. The molecule has 2 amide bonds. The standard InChI is InChI=1S/C26H34N2O6/c1-31-25-15-23(29)27-22(14-20-11-7-4-8-12-20)18-34-26(32-2)16-24(30)28-21(17-33-25)13-19-9-5-3-6-10-19/h3-12,21-22,25-26H,13-18H2,1-2H3,(H,27,29)(H,28,30). The zero-order valence-electron chi connectivity index (χ0n) is 19.8. The molecular formula is C26H34N2O6. The van der Waals surface area contributed by atoms with Gasteiger partial charge in [0.25, 0.3) is 0 Å². The molecule has 4 atom stereocenters. The lowest BCUT2D eigenvalue weighted by atomic mass is 10.1. The van der Waals surface area contributed by atoms with E-state index in [-0.39, 0.29) is 50.0 Å². The number of amides is 2. The summed E-state index contributed by atoms with van der Waals surface area (Å²) in [6.07, 6.45) is -0.255. The Morgan fingerprint density at radius 1 is 0.706 bits per heavy atom. The van der Waals surface area contributed by atoms with E-state index in [1.165, 1.54) is 14.2 Å². The molecule has 0 aliphatic carbocycles. The van der Waals surface area contributed by atoms with E-state index >= 15 is 0 Å². The molecule has 184 valence electrons. The number of hydrogen-bond donors (Lipinski definition) is 2. The summed E-state index contributed by atoms with van der Waals surface area (Å²) in [5, 5.41) is 6.02. The second kappa shape index (κ2) is 13.8. The van der Waals surface area contributed by atoms with E-state index in [1.54, 1.807) is 0 Å². The van der Waals surface area contributed by atoms with E-state index in [9.17, 15) is 9.59 Å². The number of carbonyl (C=O) groups excluding carboxylic acids is 2. The predicted molar refractivity (Wildman–Crippen MR) is 127 cm³/mol. The van der Waals surface area contributed by atoms with Crippen LogP contribution in [0.3, 0.4) is 0 Å². The first kappa shape index (κ1) is 25.8. The van der Waals surface area contributed by atoms with Gasteiger partial charge in [-0.2, -0.15) is 0 Å². The van der Waals surface area contributed by atoms with Gasteiger partial charge in [-0.3, -0.25) is 9.59 Å². The zero-order valence-corrected chi connectivity index (χ0v) is 19.8. The molecule has 1 aliphatic heterocycles. The Kier molecular flexibility index (Phi) is 10.5. The minimum absolute atomic E-state index is 0.0293. The number of ether oxygens (including phenoxy) is 4. The molecule has 34 heavy (non-hydrogen) atoms. The van der Waals surface area contributed by atoms with Crippen molar-refractivity contribution < 1.29 is 28.5 Å². The molecule has 2 aromatic carbocycles. The monoisotopic (exact) mass is 470 g/mol. The number of nitrogens with one attached hydrogen (secondary N) is 2. The molecule has 0 saturated carbocycles. The van der Waals surface area contributed by atoms with Crippen LogP contribution in [0.2, 0.25) is 0 Å². The summed E-state index contributed by atoms with van der Waals surface area (Å²) in [6, 6.07) is 19.0. The summed E-state index contributed by atoms with van der Waals surface area (Å²) in [6.45, 7) is 0.386. The van der Waals surface area contributed by atoms with Crippen molar-refractivity contribution in [3.8, 4) is 0 Å². The van der Waals surface area contributed by atoms with Crippen molar-refractivity contribution in [2.45, 2.75) is 50.3 Å². The van der Waals surface area contributed by atoms with E-state index in [1.807, 2.05) is 60.7 Å². The number of hydrogen-bond acceptors (Lipinski definition) is 6. The summed E-state index contributed by atoms with van der Waals surface area (Å²) in [7, 11) is 3.00. The van der Waals surface area contributed by atoms with Gasteiger partial charge in [-0.15, -0.1) is 0 Å². The molecule has 4 unspecified atom stereocenters. The zero-order chi connectivity index (χ0) is 24.2. The maximum Gasteiger partial charge on any atom is 0.225 e. The average Bonchev–Trinajstić information content (AvgIpc) is 2.84. The SMILES string of the molecule is COC1CC(=O)NC(Cc2ccccc2)COC(OC)CC(=O)NC(Cc2ccccc2)CO1. The molecule has 8 nitrogen and oxygen atoms in total. The van der Waals surface area contributed by atoms with Gasteiger partial charge in [0.1, 0.15) is 0 Å². The molecular weight excluding hydrogens is 436 g/mol. The van der Waals surface area contributed by atoms with Crippen molar-refractivity contribution in [3.05, 3.63) is 71.8 Å². The van der Waals surface area contributed by atoms with Gasteiger partial charge in [-0.05, 0) is 24.0 Å². The fourth-order valence-corrected chi connectivity index (χ4v) is 3.84. The van der Waals surface area contributed by atoms with Gasteiger partial charge in [0.15, 0.2) is 12.6 Å². The van der Waals surface area contributed by atoms with Crippen LogP contribution in [0.1, 0.15) is 24.0 Å². The van der Waals surface area contributed by atoms with E-state index in [2.05, 4.69) is 10.6 Å². The lowest BCUT2D eigenvalue weighted by molar-refractivity contribution is -0.160. The van der Waals surface area contributed by atoms with Crippen molar-refractivity contribution in [2.24, 2.45) is 0 Å². The summed E-state index contributed by atoms with van der Waals surface area (Å²) in [4.78, 5) is 25.5. The molecule has 3 rings (SSSR count).